The minimum absolute atomic E-state index is 0.190. The van der Waals surface area contributed by atoms with Gasteiger partial charge in [-0.05, 0) is 52.0 Å². The quantitative estimate of drug-likeness (QED) is 0.309. The summed E-state index contributed by atoms with van der Waals surface area (Å²) in [6.45, 7) is 16.3. The minimum Gasteiger partial charge on any atom is -0.444 e. The highest BCUT2D eigenvalue weighted by atomic mass is 16.6. The zero-order chi connectivity index (χ0) is 27.3. The van der Waals surface area contributed by atoms with E-state index in [1.54, 1.807) is 25.7 Å². The van der Waals surface area contributed by atoms with Crippen molar-refractivity contribution in [1.29, 1.82) is 0 Å². The van der Waals surface area contributed by atoms with Crippen LogP contribution in [-0.4, -0.2) is 47.5 Å². The molecule has 1 aromatic rings. The van der Waals surface area contributed by atoms with Crippen molar-refractivity contribution in [3.8, 4) is 0 Å². The van der Waals surface area contributed by atoms with Crippen LogP contribution >= 0.6 is 0 Å². The fourth-order valence-corrected chi connectivity index (χ4v) is 3.91. The maximum Gasteiger partial charge on any atom is 0.408 e. The van der Waals surface area contributed by atoms with Crippen LogP contribution in [0.1, 0.15) is 104 Å². The lowest BCUT2D eigenvalue weighted by Gasteiger charge is -2.35. The second-order valence-electron chi connectivity index (χ2n) is 10.9. The lowest BCUT2D eigenvalue weighted by Crippen LogP contribution is -2.55. The fourth-order valence-electron chi connectivity index (χ4n) is 3.91. The van der Waals surface area contributed by atoms with Crippen molar-refractivity contribution in [3.05, 3.63) is 35.4 Å². The molecule has 0 radical (unpaired) electrons. The van der Waals surface area contributed by atoms with E-state index in [2.05, 4.69) is 24.5 Å². The predicted octanol–water partition coefficient (Wildman–Crippen LogP) is 5.91. The molecule has 0 bridgehead atoms. The number of hydrogen-bond donors (Lipinski definition) is 2. The Kier molecular flexibility index (Phi) is 13.6. The van der Waals surface area contributed by atoms with Crippen molar-refractivity contribution >= 4 is 17.9 Å². The molecule has 0 aromatic heterocycles. The number of ether oxygens (including phenoxy) is 1. The minimum atomic E-state index is -0.817. The Morgan fingerprint density at radius 2 is 1.56 bits per heavy atom. The average molecular weight is 504 g/mol. The Balaban J connectivity index is 3.39. The van der Waals surface area contributed by atoms with Gasteiger partial charge in [-0.15, -0.1) is 0 Å². The monoisotopic (exact) mass is 503 g/mol. The average Bonchev–Trinajstić information content (AvgIpc) is 2.79. The van der Waals surface area contributed by atoms with E-state index < -0.39 is 23.8 Å². The summed E-state index contributed by atoms with van der Waals surface area (Å²) in [5.41, 5.74) is 1.16. The summed E-state index contributed by atoms with van der Waals surface area (Å²) >= 11 is 0. The SMILES string of the molecule is CCCCCCN(C(=O)C(NC(=O)OC(C)(C)C)C(C)C)C(C(=O)NCCCC)c1ccc(C)cc1. The Hall–Kier alpha value is -2.57. The topological polar surface area (TPSA) is 87.7 Å². The van der Waals surface area contributed by atoms with Gasteiger partial charge in [0, 0.05) is 13.1 Å². The van der Waals surface area contributed by atoms with E-state index in [1.807, 2.05) is 45.0 Å². The van der Waals surface area contributed by atoms with E-state index in [0.29, 0.717) is 13.1 Å². The highest BCUT2D eigenvalue weighted by Crippen LogP contribution is 2.25. The van der Waals surface area contributed by atoms with Crippen LogP contribution in [0.15, 0.2) is 24.3 Å². The number of alkyl carbamates (subject to hydrolysis) is 1. The molecule has 3 amide bonds. The third-order valence-corrected chi connectivity index (χ3v) is 5.92. The number of benzene rings is 1. The first kappa shape index (κ1) is 31.5. The standard InChI is InChI=1S/C29H49N3O4/c1-9-11-13-14-20-32(27(34)24(21(3)4)31-28(35)36-29(6,7)8)25(26(33)30-19-12-10-2)23-17-15-22(5)16-18-23/h15-18,21,24-25H,9-14,19-20H2,1-8H3,(H,30,33)(H,31,35). The number of carbonyl (C=O) groups excluding carboxylic acids is 3. The Morgan fingerprint density at radius 3 is 2.08 bits per heavy atom. The van der Waals surface area contributed by atoms with Crippen molar-refractivity contribution in [2.45, 2.75) is 112 Å². The maximum absolute atomic E-state index is 14.0. The van der Waals surface area contributed by atoms with Gasteiger partial charge in [-0.25, -0.2) is 4.79 Å². The number of unbranched alkanes of at least 4 members (excludes halogenated alkanes) is 4. The molecule has 0 saturated carbocycles. The van der Waals surface area contributed by atoms with Crippen molar-refractivity contribution in [2.75, 3.05) is 13.1 Å². The second kappa shape index (κ2) is 15.5. The van der Waals surface area contributed by atoms with E-state index in [9.17, 15) is 14.4 Å². The highest BCUT2D eigenvalue weighted by molar-refractivity contribution is 5.92. The molecule has 36 heavy (non-hydrogen) atoms. The molecule has 0 aliphatic carbocycles. The van der Waals surface area contributed by atoms with Gasteiger partial charge < -0.3 is 20.3 Å². The summed E-state index contributed by atoms with van der Waals surface area (Å²) in [6, 6.07) is 6.15. The molecule has 0 spiro atoms. The van der Waals surface area contributed by atoms with Crippen LogP contribution in [0.25, 0.3) is 0 Å². The molecule has 0 heterocycles. The fraction of sp³-hybridized carbons (Fsp3) is 0.690. The third kappa shape index (κ3) is 11.0. The van der Waals surface area contributed by atoms with E-state index in [0.717, 1.165) is 49.7 Å². The molecule has 2 unspecified atom stereocenters. The van der Waals surface area contributed by atoms with E-state index in [4.69, 9.17) is 4.74 Å². The van der Waals surface area contributed by atoms with Crippen molar-refractivity contribution in [2.24, 2.45) is 5.92 Å². The molecule has 7 nitrogen and oxygen atoms in total. The Bertz CT molecular complexity index is 815. The van der Waals surface area contributed by atoms with Crippen LogP contribution in [-0.2, 0) is 14.3 Å². The summed E-state index contributed by atoms with van der Waals surface area (Å²) in [5, 5.41) is 5.81. The number of nitrogens with one attached hydrogen (secondary N) is 2. The molecule has 2 N–H and O–H groups in total. The first-order chi connectivity index (χ1) is 16.9. The number of carbonyl (C=O) groups is 3. The number of rotatable bonds is 14. The lowest BCUT2D eigenvalue weighted by molar-refractivity contribution is -0.143. The molecule has 204 valence electrons. The third-order valence-electron chi connectivity index (χ3n) is 5.92. The van der Waals surface area contributed by atoms with Crippen LogP contribution in [0.3, 0.4) is 0 Å². The zero-order valence-electron chi connectivity index (χ0n) is 23.8. The summed E-state index contributed by atoms with van der Waals surface area (Å²) in [5.74, 6) is -0.663. The lowest BCUT2D eigenvalue weighted by atomic mass is 9.97. The Labute approximate surface area is 218 Å². The zero-order valence-corrected chi connectivity index (χ0v) is 23.8. The van der Waals surface area contributed by atoms with Gasteiger partial charge in [-0.1, -0.05) is 83.2 Å². The molecule has 0 saturated heterocycles. The van der Waals surface area contributed by atoms with Gasteiger partial charge in [-0.2, -0.15) is 0 Å². The summed E-state index contributed by atoms with van der Waals surface area (Å²) < 4.78 is 5.43. The normalized spacial score (nSPS) is 13.1. The maximum atomic E-state index is 14.0. The molecule has 0 aliphatic heterocycles. The van der Waals surface area contributed by atoms with Crippen LogP contribution in [0, 0.1) is 12.8 Å². The van der Waals surface area contributed by atoms with E-state index in [1.165, 1.54) is 0 Å². The van der Waals surface area contributed by atoms with Gasteiger partial charge >= 0.3 is 6.09 Å². The van der Waals surface area contributed by atoms with Crippen molar-refractivity contribution in [1.82, 2.24) is 15.5 Å². The van der Waals surface area contributed by atoms with E-state index >= 15 is 0 Å². The van der Waals surface area contributed by atoms with Gasteiger partial charge in [0.05, 0.1) is 0 Å². The molecule has 2 atom stereocenters. The van der Waals surface area contributed by atoms with Crippen LogP contribution < -0.4 is 10.6 Å². The molecule has 7 heteroatoms. The summed E-state index contributed by atoms with van der Waals surface area (Å²) in [7, 11) is 0. The molecule has 0 fully saturated rings. The molecular formula is C29H49N3O4. The van der Waals surface area contributed by atoms with Gasteiger partial charge in [-0.3, -0.25) is 9.59 Å². The molecule has 1 rings (SSSR count). The van der Waals surface area contributed by atoms with Gasteiger partial charge in [0.1, 0.15) is 17.7 Å². The molecular weight excluding hydrogens is 454 g/mol. The largest absolute Gasteiger partial charge is 0.444 e. The first-order valence-electron chi connectivity index (χ1n) is 13.6. The number of hydrogen-bond acceptors (Lipinski definition) is 4. The second-order valence-corrected chi connectivity index (χ2v) is 10.9. The molecule has 1 aromatic carbocycles. The summed E-state index contributed by atoms with van der Waals surface area (Å²) in [4.78, 5) is 41.8. The smallest absolute Gasteiger partial charge is 0.408 e. The van der Waals surface area contributed by atoms with Crippen LogP contribution in [0.2, 0.25) is 0 Å². The first-order valence-corrected chi connectivity index (χ1v) is 13.6. The molecule has 0 aliphatic rings. The predicted molar refractivity (Wildman–Crippen MR) is 146 cm³/mol. The van der Waals surface area contributed by atoms with E-state index in [-0.39, 0.29) is 17.7 Å². The Morgan fingerprint density at radius 1 is 0.944 bits per heavy atom. The van der Waals surface area contributed by atoms with Crippen molar-refractivity contribution in [3.63, 3.8) is 0 Å². The highest BCUT2D eigenvalue weighted by Gasteiger charge is 2.37. The number of amides is 3. The number of aryl methyl sites for hydroxylation is 1. The van der Waals surface area contributed by atoms with Gasteiger partial charge in [0.2, 0.25) is 11.8 Å². The number of nitrogens with zero attached hydrogens (tertiary/aromatic N) is 1. The van der Waals surface area contributed by atoms with Crippen molar-refractivity contribution < 1.29 is 19.1 Å². The summed E-state index contributed by atoms with van der Waals surface area (Å²) in [6.07, 6.45) is 5.06. The van der Waals surface area contributed by atoms with Crippen LogP contribution in [0.4, 0.5) is 4.79 Å². The van der Waals surface area contributed by atoms with Gasteiger partial charge in [0.25, 0.3) is 0 Å². The van der Waals surface area contributed by atoms with Crippen LogP contribution in [0.5, 0.6) is 0 Å². The van der Waals surface area contributed by atoms with Gasteiger partial charge in [0.15, 0.2) is 0 Å².